The van der Waals surface area contributed by atoms with Crippen LogP contribution >= 0.6 is 11.8 Å². The van der Waals surface area contributed by atoms with E-state index in [-0.39, 0.29) is 29.0 Å². The third-order valence-electron chi connectivity index (χ3n) is 4.65. The predicted molar refractivity (Wildman–Crippen MR) is 111 cm³/mol. The molecule has 10 heteroatoms. The van der Waals surface area contributed by atoms with Gasteiger partial charge in [-0.25, -0.2) is 4.39 Å². The van der Waals surface area contributed by atoms with Gasteiger partial charge >= 0.3 is 0 Å². The minimum atomic E-state index is -0.528. The Bertz CT molecular complexity index is 1130. The fraction of sp³-hybridized carbons (Fsp3) is 0.250. The Morgan fingerprint density at radius 1 is 1.30 bits per heavy atom. The Morgan fingerprint density at radius 3 is 2.77 bits per heavy atom. The average Bonchev–Trinajstić information content (AvgIpc) is 3.47. The largest absolute Gasteiger partial charge is 0.320 e. The number of nitro benzene ring substituents is 1. The number of benzene rings is 2. The zero-order valence-corrected chi connectivity index (χ0v) is 16.9. The fourth-order valence-corrected chi connectivity index (χ4v) is 3.88. The van der Waals surface area contributed by atoms with Gasteiger partial charge in [-0.15, -0.1) is 10.2 Å². The van der Waals surface area contributed by atoms with Gasteiger partial charge < -0.3 is 5.32 Å². The van der Waals surface area contributed by atoms with Crippen molar-refractivity contribution in [1.82, 2.24) is 14.8 Å². The number of nitrogens with one attached hydrogen (secondary N) is 1. The van der Waals surface area contributed by atoms with Crippen molar-refractivity contribution < 1.29 is 14.1 Å². The number of hydrogen-bond acceptors (Lipinski definition) is 6. The van der Waals surface area contributed by atoms with Crippen molar-refractivity contribution in [1.29, 1.82) is 0 Å². The van der Waals surface area contributed by atoms with Gasteiger partial charge in [0, 0.05) is 12.1 Å². The highest BCUT2D eigenvalue weighted by atomic mass is 32.2. The summed E-state index contributed by atoms with van der Waals surface area (Å²) in [7, 11) is 0. The van der Waals surface area contributed by atoms with Crippen molar-refractivity contribution in [2.45, 2.75) is 31.0 Å². The maximum atomic E-state index is 14.2. The number of hydrogen-bond donors (Lipinski definition) is 1. The molecule has 154 valence electrons. The van der Waals surface area contributed by atoms with E-state index < -0.39 is 10.8 Å². The van der Waals surface area contributed by atoms with E-state index in [4.69, 9.17) is 0 Å². The van der Waals surface area contributed by atoms with E-state index in [1.54, 1.807) is 31.2 Å². The number of halogens is 1. The highest BCUT2D eigenvalue weighted by Gasteiger charge is 2.31. The van der Waals surface area contributed by atoms with E-state index in [0.29, 0.717) is 16.5 Å². The summed E-state index contributed by atoms with van der Waals surface area (Å²) < 4.78 is 16.1. The summed E-state index contributed by atoms with van der Waals surface area (Å²) in [5, 5.41) is 22.6. The average molecular weight is 427 g/mol. The quantitative estimate of drug-likeness (QED) is 0.341. The smallest absolute Gasteiger partial charge is 0.293 e. The lowest BCUT2D eigenvalue weighted by Crippen LogP contribution is -2.15. The van der Waals surface area contributed by atoms with Crippen molar-refractivity contribution >= 4 is 29.0 Å². The summed E-state index contributed by atoms with van der Waals surface area (Å²) >= 11 is 1.17. The van der Waals surface area contributed by atoms with Gasteiger partial charge in [0.25, 0.3) is 5.69 Å². The van der Waals surface area contributed by atoms with Crippen LogP contribution in [0.2, 0.25) is 0 Å². The maximum Gasteiger partial charge on any atom is 0.293 e. The lowest BCUT2D eigenvalue weighted by atomic mass is 10.2. The molecule has 8 nitrogen and oxygen atoms in total. The number of nitrogens with zero attached hydrogens (tertiary/aromatic N) is 4. The van der Waals surface area contributed by atoms with Crippen LogP contribution in [0.3, 0.4) is 0 Å². The second-order valence-electron chi connectivity index (χ2n) is 7.00. The van der Waals surface area contributed by atoms with Crippen LogP contribution in [0.5, 0.6) is 0 Å². The molecule has 1 fully saturated rings. The first-order chi connectivity index (χ1) is 14.4. The van der Waals surface area contributed by atoms with Gasteiger partial charge in [0.1, 0.15) is 11.5 Å². The van der Waals surface area contributed by atoms with E-state index in [1.165, 1.54) is 30.0 Å². The normalized spacial score (nSPS) is 13.3. The van der Waals surface area contributed by atoms with Crippen LogP contribution in [-0.2, 0) is 4.79 Å². The molecule has 0 bridgehead atoms. The van der Waals surface area contributed by atoms with Gasteiger partial charge in [-0.2, -0.15) is 0 Å². The number of carbonyl (C=O) groups is 1. The molecule has 1 saturated carbocycles. The molecule has 1 aliphatic carbocycles. The Labute approximate surface area is 175 Å². The molecular weight excluding hydrogens is 409 g/mol. The molecule has 1 aromatic heterocycles. The number of amides is 1. The van der Waals surface area contributed by atoms with Crippen LogP contribution in [-0.4, -0.2) is 31.3 Å². The summed E-state index contributed by atoms with van der Waals surface area (Å²) in [5.41, 5.74) is 1.08. The third kappa shape index (κ3) is 4.18. The van der Waals surface area contributed by atoms with E-state index in [9.17, 15) is 19.3 Å². The van der Waals surface area contributed by atoms with Gasteiger partial charge in [0.05, 0.1) is 16.2 Å². The first kappa shape index (κ1) is 20.0. The van der Waals surface area contributed by atoms with E-state index >= 15 is 0 Å². The Balaban J connectivity index is 1.50. The van der Waals surface area contributed by atoms with Crippen molar-refractivity contribution in [2.24, 2.45) is 0 Å². The minimum Gasteiger partial charge on any atom is -0.320 e. The van der Waals surface area contributed by atoms with Gasteiger partial charge in [-0.1, -0.05) is 30.0 Å². The zero-order chi connectivity index (χ0) is 21.3. The lowest BCUT2D eigenvalue weighted by molar-refractivity contribution is -0.384. The molecule has 4 rings (SSSR count). The van der Waals surface area contributed by atoms with Gasteiger partial charge in [-0.3, -0.25) is 19.5 Å². The Kier molecular flexibility index (Phi) is 5.49. The van der Waals surface area contributed by atoms with Crippen LogP contribution in [0.25, 0.3) is 11.4 Å². The van der Waals surface area contributed by atoms with Crippen LogP contribution < -0.4 is 5.32 Å². The second-order valence-corrected chi connectivity index (χ2v) is 7.94. The predicted octanol–water partition coefficient (Wildman–Crippen LogP) is 4.37. The molecule has 3 aromatic rings. The van der Waals surface area contributed by atoms with Crippen molar-refractivity contribution in [3.63, 3.8) is 0 Å². The lowest BCUT2D eigenvalue weighted by Gasteiger charge is -2.10. The van der Waals surface area contributed by atoms with Gasteiger partial charge in [0.2, 0.25) is 5.91 Å². The van der Waals surface area contributed by atoms with Crippen molar-refractivity contribution in [2.75, 3.05) is 11.1 Å². The van der Waals surface area contributed by atoms with Gasteiger partial charge in [-0.05, 0) is 43.5 Å². The third-order valence-corrected chi connectivity index (χ3v) is 5.59. The first-order valence-corrected chi connectivity index (χ1v) is 10.3. The number of carbonyl (C=O) groups excluding carboxylic acids is 1. The molecule has 30 heavy (non-hydrogen) atoms. The van der Waals surface area contributed by atoms with Crippen LogP contribution in [0.15, 0.2) is 47.6 Å². The first-order valence-electron chi connectivity index (χ1n) is 9.31. The summed E-state index contributed by atoms with van der Waals surface area (Å²) in [6.07, 6.45) is 1.88. The molecule has 1 amide bonds. The summed E-state index contributed by atoms with van der Waals surface area (Å²) in [6, 6.07) is 11.2. The van der Waals surface area contributed by atoms with Crippen molar-refractivity contribution in [3.8, 4) is 11.4 Å². The minimum absolute atomic E-state index is 0.00679. The molecule has 0 atom stereocenters. The number of anilines is 1. The molecule has 0 radical (unpaired) electrons. The maximum absolute atomic E-state index is 14.2. The zero-order valence-electron chi connectivity index (χ0n) is 16.0. The topological polar surface area (TPSA) is 103 Å². The summed E-state index contributed by atoms with van der Waals surface area (Å²) in [4.78, 5) is 23.1. The van der Waals surface area contributed by atoms with Crippen LogP contribution in [0.1, 0.15) is 24.4 Å². The number of thioether (sulfide) groups is 1. The van der Waals surface area contributed by atoms with Crippen molar-refractivity contribution in [3.05, 3.63) is 64.0 Å². The Morgan fingerprint density at radius 2 is 2.07 bits per heavy atom. The van der Waals surface area contributed by atoms with E-state index in [2.05, 4.69) is 15.5 Å². The summed E-state index contributed by atoms with van der Waals surface area (Å²) in [5.74, 6) is -0.349. The fourth-order valence-electron chi connectivity index (χ4n) is 3.08. The van der Waals surface area contributed by atoms with Crippen LogP contribution in [0.4, 0.5) is 15.8 Å². The van der Waals surface area contributed by atoms with E-state index in [1.807, 2.05) is 4.57 Å². The van der Waals surface area contributed by atoms with E-state index in [0.717, 1.165) is 18.4 Å². The SMILES string of the molecule is Cc1ccc(NC(=O)CSc2nnc(-c3ccccc3F)n2C2CC2)c([N+](=O)[O-])c1. The molecule has 0 saturated heterocycles. The number of rotatable bonds is 7. The number of aryl methyl sites for hydroxylation is 1. The highest BCUT2D eigenvalue weighted by molar-refractivity contribution is 7.99. The molecule has 1 aliphatic rings. The molecule has 0 aliphatic heterocycles. The second kappa shape index (κ2) is 8.23. The summed E-state index contributed by atoms with van der Waals surface area (Å²) in [6.45, 7) is 1.74. The monoisotopic (exact) mass is 427 g/mol. The van der Waals surface area contributed by atoms with Crippen LogP contribution in [0, 0.1) is 22.9 Å². The highest BCUT2D eigenvalue weighted by Crippen LogP contribution is 2.41. The number of aromatic nitrogens is 3. The standard InChI is InChI=1S/C20H18FN5O3S/c1-12-6-9-16(17(10-12)26(28)29)22-18(27)11-30-20-24-23-19(25(20)13-7-8-13)14-4-2-3-5-15(14)21/h2-6,9-10,13H,7-8,11H2,1H3,(H,22,27). The molecule has 1 N–H and O–H groups in total. The molecular formula is C20H18FN5O3S. The molecule has 0 spiro atoms. The number of nitro groups is 1. The molecule has 1 heterocycles. The van der Waals surface area contributed by atoms with Gasteiger partial charge in [0.15, 0.2) is 11.0 Å². The molecule has 2 aromatic carbocycles. The molecule has 0 unspecified atom stereocenters. The Hall–Kier alpha value is -3.27.